The van der Waals surface area contributed by atoms with Crippen LogP contribution in [-0.2, 0) is 4.79 Å². The van der Waals surface area contributed by atoms with Gasteiger partial charge in [-0.1, -0.05) is 33.6 Å². The third-order valence-corrected chi connectivity index (χ3v) is 2.24. The van der Waals surface area contributed by atoms with Crippen LogP contribution in [0.25, 0.3) is 0 Å². The first-order valence-corrected chi connectivity index (χ1v) is 6.17. The lowest BCUT2D eigenvalue weighted by molar-refractivity contribution is -0.121. The number of rotatable bonds is 9. The van der Waals surface area contributed by atoms with Crippen molar-refractivity contribution in [1.82, 2.24) is 10.6 Å². The molecular weight excluding hydrogens is 188 g/mol. The molecule has 0 aliphatic carbocycles. The zero-order valence-corrected chi connectivity index (χ0v) is 10.4. The minimum absolute atomic E-state index is 0.191. The number of nitrogens with one attached hydrogen (secondary N) is 2. The van der Waals surface area contributed by atoms with E-state index in [4.69, 9.17) is 0 Å². The summed E-state index contributed by atoms with van der Waals surface area (Å²) in [6, 6.07) is 0.512. The van der Waals surface area contributed by atoms with Crippen molar-refractivity contribution in [2.24, 2.45) is 0 Å². The van der Waals surface area contributed by atoms with E-state index in [2.05, 4.69) is 31.4 Å². The molecule has 3 heteroatoms. The molecule has 0 aromatic rings. The Balaban J connectivity index is 3.19. The van der Waals surface area contributed by atoms with Crippen molar-refractivity contribution >= 4 is 5.91 Å². The third kappa shape index (κ3) is 11.4. The van der Waals surface area contributed by atoms with Crippen LogP contribution in [0.4, 0.5) is 0 Å². The molecule has 15 heavy (non-hydrogen) atoms. The molecule has 0 aromatic carbocycles. The van der Waals surface area contributed by atoms with Crippen LogP contribution in [0.15, 0.2) is 0 Å². The van der Waals surface area contributed by atoms with Crippen LogP contribution in [0.1, 0.15) is 52.9 Å². The van der Waals surface area contributed by atoms with E-state index in [1.807, 2.05) is 0 Å². The normalized spacial score (nSPS) is 10.7. The number of carbonyl (C=O) groups is 1. The van der Waals surface area contributed by atoms with Crippen LogP contribution in [0.2, 0.25) is 0 Å². The Labute approximate surface area is 94.0 Å². The molecule has 1 amide bonds. The first-order chi connectivity index (χ1) is 7.16. The molecule has 2 N–H and O–H groups in total. The number of unbranched alkanes of at least 4 members (excludes halogenated alkanes) is 2. The van der Waals surface area contributed by atoms with Gasteiger partial charge in [-0.25, -0.2) is 0 Å². The van der Waals surface area contributed by atoms with E-state index in [0.29, 0.717) is 12.5 Å². The number of carbonyl (C=O) groups excluding carboxylic acids is 1. The summed E-state index contributed by atoms with van der Waals surface area (Å²) in [5.41, 5.74) is 0. The zero-order chi connectivity index (χ0) is 11.5. The van der Waals surface area contributed by atoms with Gasteiger partial charge in [-0.15, -0.1) is 0 Å². The second-order valence-corrected chi connectivity index (χ2v) is 4.27. The molecule has 90 valence electrons. The smallest absolute Gasteiger partial charge is 0.220 e. The van der Waals surface area contributed by atoms with Crippen LogP contribution in [0.5, 0.6) is 0 Å². The molecule has 0 saturated carbocycles. The highest BCUT2D eigenvalue weighted by Crippen LogP contribution is 1.93. The van der Waals surface area contributed by atoms with E-state index in [1.54, 1.807) is 0 Å². The second kappa shape index (κ2) is 9.97. The SMILES string of the molecule is CCCCCNC(=O)CCCNC(C)C. The van der Waals surface area contributed by atoms with E-state index in [9.17, 15) is 4.79 Å². The molecule has 0 spiro atoms. The summed E-state index contributed by atoms with van der Waals surface area (Å²) in [6.07, 6.45) is 5.08. The standard InChI is InChI=1S/C12H26N2O/c1-4-5-6-9-14-12(15)8-7-10-13-11(2)3/h11,13H,4-10H2,1-3H3,(H,14,15). The van der Waals surface area contributed by atoms with Crippen molar-refractivity contribution in [2.75, 3.05) is 13.1 Å². The highest BCUT2D eigenvalue weighted by molar-refractivity contribution is 5.75. The number of hydrogen-bond donors (Lipinski definition) is 2. The van der Waals surface area contributed by atoms with E-state index >= 15 is 0 Å². The van der Waals surface area contributed by atoms with Crippen LogP contribution in [-0.4, -0.2) is 25.0 Å². The molecule has 0 aromatic heterocycles. The summed E-state index contributed by atoms with van der Waals surface area (Å²) in [6.45, 7) is 8.17. The van der Waals surface area contributed by atoms with E-state index in [-0.39, 0.29) is 5.91 Å². The first kappa shape index (κ1) is 14.4. The Morgan fingerprint density at radius 3 is 2.47 bits per heavy atom. The van der Waals surface area contributed by atoms with Crippen molar-refractivity contribution < 1.29 is 4.79 Å². The molecule has 0 atom stereocenters. The summed E-state index contributed by atoms with van der Waals surface area (Å²) >= 11 is 0. The third-order valence-electron chi connectivity index (χ3n) is 2.24. The molecular formula is C12H26N2O. The average Bonchev–Trinajstić information content (AvgIpc) is 2.19. The van der Waals surface area contributed by atoms with Crippen molar-refractivity contribution in [3.05, 3.63) is 0 Å². The van der Waals surface area contributed by atoms with Crippen molar-refractivity contribution in [3.63, 3.8) is 0 Å². The number of hydrogen-bond acceptors (Lipinski definition) is 2. The minimum atomic E-state index is 0.191. The van der Waals surface area contributed by atoms with Gasteiger partial charge in [0, 0.05) is 19.0 Å². The molecule has 0 saturated heterocycles. The van der Waals surface area contributed by atoms with E-state index in [0.717, 1.165) is 25.9 Å². The molecule has 3 nitrogen and oxygen atoms in total. The van der Waals surface area contributed by atoms with Gasteiger partial charge in [-0.05, 0) is 19.4 Å². The molecule has 0 radical (unpaired) electrons. The summed E-state index contributed by atoms with van der Waals surface area (Å²) in [5, 5.41) is 6.24. The largest absolute Gasteiger partial charge is 0.356 e. The Bertz CT molecular complexity index is 158. The topological polar surface area (TPSA) is 41.1 Å². The molecule has 0 rings (SSSR count). The minimum Gasteiger partial charge on any atom is -0.356 e. The van der Waals surface area contributed by atoms with E-state index < -0.39 is 0 Å². The molecule has 0 aliphatic rings. The second-order valence-electron chi connectivity index (χ2n) is 4.27. The summed E-state index contributed by atoms with van der Waals surface area (Å²) in [7, 11) is 0. The Morgan fingerprint density at radius 2 is 1.87 bits per heavy atom. The summed E-state index contributed by atoms with van der Waals surface area (Å²) in [4.78, 5) is 11.3. The van der Waals surface area contributed by atoms with Gasteiger partial charge in [0.2, 0.25) is 5.91 Å². The number of amides is 1. The zero-order valence-electron chi connectivity index (χ0n) is 10.4. The van der Waals surface area contributed by atoms with Gasteiger partial charge in [0.25, 0.3) is 0 Å². The van der Waals surface area contributed by atoms with Crippen LogP contribution >= 0.6 is 0 Å². The Morgan fingerprint density at radius 1 is 1.13 bits per heavy atom. The summed E-state index contributed by atoms with van der Waals surface area (Å²) < 4.78 is 0. The lowest BCUT2D eigenvalue weighted by Crippen LogP contribution is -2.27. The molecule has 0 bridgehead atoms. The monoisotopic (exact) mass is 214 g/mol. The molecule has 0 aliphatic heterocycles. The predicted molar refractivity (Wildman–Crippen MR) is 64.9 cm³/mol. The highest BCUT2D eigenvalue weighted by atomic mass is 16.1. The fourth-order valence-electron chi connectivity index (χ4n) is 1.33. The maximum Gasteiger partial charge on any atom is 0.220 e. The Hall–Kier alpha value is -0.570. The average molecular weight is 214 g/mol. The van der Waals surface area contributed by atoms with Crippen LogP contribution in [0, 0.1) is 0 Å². The van der Waals surface area contributed by atoms with E-state index in [1.165, 1.54) is 12.8 Å². The molecule has 0 unspecified atom stereocenters. The van der Waals surface area contributed by atoms with Gasteiger partial charge in [0.1, 0.15) is 0 Å². The van der Waals surface area contributed by atoms with Crippen molar-refractivity contribution in [3.8, 4) is 0 Å². The molecule has 0 fully saturated rings. The maximum atomic E-state index is 11.3. The fraction of sp³-hybridized carbons (Fsp3) is 0.917. The van der Waals surface area contributed by atoms with Gasteiger partial charge in [-0.3, -0.25) is 4.79 Å². The predicted octanol–water partition coefficient (Wildman–Crippen LogP) is 2.07. The van der Waals surface area contributed by atoms with Gasteiger partial charge in [0.05, 0.1) is 0 Å². The fourth-order valence-corrected chi connectivity index (χ4v) is 1.33. The van der Waals surface area contributed by atoms with Gasteiger partial charge >= 0.3 is 0 Å². The lowest BCUT2D eigenvalue weighted by Gasteiger charge is -2.08. The van der Waals surface area contributed by atoms with Gasteiger partial charge in [0.15, 0.2) is 0 Å². The maximum absolute atomic E-state index is 11.3. The highest BCUT2D eigenvalue weighted by Gasteiger charge is 2.00. The van der Waals surface area contributed by atoms with Crippen LogP contribution in [0.3, 0.4) is 0 Å². The lowest BCUT2D eigenvalue weighted by atomic mass is 10.2. The van der Waals surface area contributed by atoms with Crippen molar-refractivity contribution in [1.29, 1.82) is 0 Å². The van der Waals surface area contributed by atoms with Gasteiger partial charge in [-0.2, -0.15) is 0 Å². The summed E-state index contributed by atoms with van der Waals surface area (Å²) in [5.74, 6) is 0.191. The first-order valence-electron chi connectivity index (χ1n) is 6.17. The van der Waals surface area contributed by atoms with Crippen molar-refractivity contribution in [2.45, 2.75) is 58.9 Å². The molecule has 0 heterocycles. The quantitative estimate of drug-likeness (QED) is 0.577. The Kier molecular flexibility index (Phi) is 9.59. The van der Waals surface area contributed by atoms with Crippen LogP contribution < -0.4 is 10.6 Å². The van der Waals surface area contributed by atoms with Gasteiger partial charge < -0.3 is 10.6 Å².